The third-order valence-corrected chi connectivity index (χ3v) is 4.66. The molecular formula is C11H24N2O2S. The van der Waals surface area contributed by atoms with Crippen LogP contribution >= 0.6 is 0 Å². The van der Waals surface area contributed by atoms with Crippen LogP contribution in [0.5, 0.6) is 0 Å². The van der Waals surface area contributed by atoms with Crippen molar-refractivity contribution in [3.8, 4) is 0 Å². The van der Waals surface area contributed by atoms with E-state index in [1.807, 2.05) is 0 Å². The first kappa shape index (κ1) is 13.9. The summed E-state index contributed by atoms with van der Waals surface area (Å²) in [5.74, 6) is 0.919. The second-order valence-electron chi connectivity index (χ2n) is 4.85. The van der Waals surface area contributed by atoms with E-state index in [9.17, 15) is 8.42 Å². The van der Waals surface area contributed by atoms with Gasteiger partial charge in [0.05, 0.1) is 5.75 Å². The molecule has 0 saturated heterocycles. The minimum Gasteiger partial charge on any atom is -0.319 e. The Morgan fingerprint density at radius 2 is 1.94 bits per heavy atom. The normalized spacial score (nSPS) is 27.6. The predicted octanol–water partition coefficient (Wildman–Crippen LogP) is 1.09. The van der Waals surface area contributed by atoms with Gasteiger partial charge in [0.1, 0.15) is 0 Å². The number of nitrogens with one attached hydrogen (secondary N) is 2. The summed E-state index contributed by atoms with van der Waals surface area (Å²) in [5, 5.41) is 2.86. The maximum Gasteiger partial charge on any atom is 0.213 e. The standard InChI is InChI=1S/C11H24N2O2S/c1-10-4-3-5-11(7-6-10)13-16(14,15)9-8-12-2/h10-13H,3-9H2,1-2H3. The van der Waals surface area contributed by atoms with Gasteiger partial charge in [-0.05, 0) is 32.2 Å². The van der Waals surface area contributed by atoms with Crippen LogP contribution in [-0.4, -0.2) is 33.8 Å². The van der Waals surface area contributed by atoms with E-state index < -0.39 is 10.0 Å². The molecule has 2 atom stereocenters. The van der Waals surface area contributed by atoms with Gasteiger partial charge < -0.3 is 5.32 Å². The summed E-state index contributed by atoms with van der Waals surface area (Å²) >= 11 is 0. The first-order valence-electron chi connectivity index (χ1n) is 6.18. The van der Waals surface area contributed by atoms with Gasteiger partial charge in [0.25, 0.3) is 0 Å². The van der Waals surface area contributed by atoms with Crippen molar-refractivity contribution in [2.45, 2.75) is 45.1 Å². The lowest BCUT2D eigenvalue weighted by atomic mass is 10.0. The van der Waals surface area contributed by atoms with Gasteiger partial charge in [0.2, 0.25) is 10.0 Å². The summed E-state index contributed by atoms with van der Waals surface area (Å²) < 4.78 is 26.2. The Kier molecular flexibility index (Phi) is 5.72. The molecule has 0 aromatic heterocycles. The van der Waals surface area contributed by atoms with Crippen molar-refractivity contribution in [1.29, 1.82) is 0 Å². The summed E-state index contributed by atoms with van der Waals surface area (Å²) in [6.07, 6.45) is 5.48. The molecule has 1 aliphatic rings. The van der Waals surface area contributed by atoms with Crippen LogP contribution in [0.15, 0.2) is 0 Å². The van der Waals surface area contributed by atoms with Gasteiger partial charge in [0, 0.05) is 12.6 Å². The quantitative estimate of drug-likeness (QED) is 0.716. The molecule has 1 saturated carbocycles. The molecule has 0 spiro atoms. The summed E-state index contributed by atoms with van der Waals surface area (Å²) in [7, 11) is -1.32. The van der Waals surface area contributed by atoms with Gasteiger partial charge in [-0.2, -0.15) is 0 Å². The van der Waals surface area contributed by atoms with E-state index in [4.69, 9.17) is 0 Å². The van der Waals surface area contributed by atoms with Gasteiger partial charge in [-0.15, -0.1) is 0 Å². The molecule has 0 aliphatic heterocycles. The van der Waals surface area contributed by atoms with E-state index in [1.54, 1.807) is 7.05 Å². The van der Waals surface area contributed by atoms with Gasteiger partial charge >= 0.3 is 0 Å². The Morgan fingerprint density at radius 1 is 1.19 bits per heavy atom. The number of sulfonamides is 1. The highest BCUT2D eigenvalue weighted by molar-refractivity contribution is 7.89. The Hall–Kier alpha value is -0.130. The molecule has 2 unspecified atom stereocenters. The maximum atomic E-state index is 11.7. The highest BCUT2D eigenvalue weighted by atomic mass is 32.2. The second kappa shape index (κ2) is 6.57. The Bertz CT molecular complexity index is 290. The molecular weight excluding hydrogens is 224 g/mol. The molecule has 0 aromatic rings. The fourth-order valence-corrected chi connectivity index (χ4v) is 3.49. The minimum absolute atomic E-state index is 0.159. The van der Waals surface area contributed by atoms with Crippen LogP contribution in [0.3, 0.4) is 0 Å². The SMILES string of the molecule is CNCCS(=O)(=O)NC1CCCC(C)CC1. The van der Waals surface area contributed by atoms with Gasteiger partial charge in [-0.25, -0.2) is 13.1 Å². The Labute approximate surface area is 99.2 Å². The zero-order valence-corrected chi connectivity index (χ0v) is 11.1. The molecule has 0 aromatic carbocycles. The van der Waals surface area contributed by atoms with Crippen LogP contribution in [0.25, 0.3) is 0 Å². The van der Waals surface area contributed by atoms with Crippen LogP contribution in [0.1, 0.15) is 39.0 Å². The van der Waals surface area contributed by atoms with E-state index in [1.165, 1.54) is 6.42 Å². The molecule has 0 radical (unpaired) electrons. The molecule has 1 fully saturated rings. The van der Waals surface area contributed by atoms with Gasteiger partial charge in [-0.1, -0.05) is 19.8 Å². The van der Waals surface area contributed by atoms with Crippen LogP contribution in [0, 0.1) is 5.92 Å². The third kappa shape index (κ3) is 5.27. The van der Waals surface area contributed by atoms with E-state index in [2.05, 4.69) is 17.0 Å². The molecule has 1 rings (SSSR count). The Balaban J connectivity index is 2.40. The molecule has 1 aliphatic carbocycles. The van der Waals surface area contributed by atoms with Gasteiger partial charge in [0.15, 0.2) is 0 Å². The fourth-order valence-electron chi connectivity index (χ4n) is 2.15. The number of hydrogen-bond acceptors (Lipinski definition) is 3. The number of rotatable bonds is 5. The summed E-state index contributed by atoms with van der Waals surface area (Å²) in [6.45, 7) is 2.76. The molecule has 5 heteroatoms. The van der Waals surface area contributed by atoms with E-state index in [-0.39, 0.29) is 11.8 Å². The van der Waals surface area contributed by atoms with Crippen molar-refractivity contribution in [2.75, 3.05) is 19.3 Å². The number of hydrogen-bond donors (Lipinski definition) is 2. The lowest BCUT2D eigenvalue weighted by Crippen LogP contribution is -2.38. The Morgan fingerprint density at radius 3 is 2.62 bits per heavy atom. The molecule has 2 N–H and O–H groups in total. The first-order chi connectivity index (χ1) is 7.53. The van der Waals surface area contributed by atoms with Crippen LogP contribution in [0.2, 0.25) is 0 Å². The van der Waals surface area contributed by atoms with Crippen molar-refractivity contribution < 1.29 is 8.42 Å². The third-order valence-electron chi connectivity index (χ3n) is 3.22. The topological polar surface area (TPSA) is 58.2 Å². The zero-order valence-electron chi connectivity index (χ0n) is 10.3. The minimum atomic E-state index is -3.09. The molecule has 4 nitrogen and oxygen atoms in total. The van der Waals surface area contributed by atoms with Crippen molar-refractivity contribution in [2.24, 2.45) is 5.92 Å². The van der Waals surface area contributed by atoms with Gasteiger partial charge in [-0.3, -0.25) is 0 Å². The highest BCUT2D eigenvalue weighted by Gasteiger charge is 2.20. The van der Waals surface area contributed by atoms with E-state index in [0.717, 1.165) is 31.6 Å². The summed E-state index contributed by atoms with van der Waals surface area (Å²) in [5.41, 5.74) is 0. The lowest BCUT2D eigenvalue weighted by molar-refractivity contribution is 0.484. The van der Waals surface area contributed by atoms with Crippen molar-refractivity contribution >= 4 is 10.0 Å². The average Bonchev–Trinajstić information content (AvgIpc) is 2.40. The second-order valence-corrected chi connectivity index (χ2v) is 6.72. The molecule has 0 amide bonds. The van der Waals surface area contributed by atoms with Crippen molar-refractivity contribution in [3.05, 3.63) is 0 Å². The van der Waals surface area contributed by atoms with Crippen LogP contribution in [0.4, 0.5) is 0 Å². The summed E-state index contributed by atoms with van der Waals surface area (Å²) in [4.78, 5) is 0. The lowest BCUT2D eigenvalue weighted by Gasteiger charge is -2.16. The fraction of sp³-hybridized carbons (Fsp3) is 1.00. The molecule has 0 heterocycles. The van der Waals surface area contributed by atoms with Crippen molar-refractivity contribution in [3.63, 3.8) is 0 Å². The first-order valence-corrected chi connectivity index (χ1v) is 7.83. The van der Waals surface area contributed by atoms with Crippen LogP contribution in [-0.2, 0) is 10.0 Å². The summed E-state index contributed by atoms with van der Waals surface area (Å²) in [6, 6.07) is 0.159. The highest BCUT2D eigenvalue weighted by Crippen LogP contribution is 2.22. The monoisotopic (exact) mass is 248 g/mol. The average molecular weight is 248 g/mol. The zero-order chi connectivity index (χ0) is 12.0. The van der Waals surface area contributed by atoms with E-state index >= 15 is 0 Å². The smallest absolute Gasteiger partial charge is 0.213 e. The van der Waals surface area contributed by atoms with Crippen molar-refractivity contribution in [1.82, 2.24) is 10.0 Å². The maximum absolute atomic E-state index is 11.7. The molecule has 16 heavy (non-hydrogen) atoms. The van der Waals surface area contributed by atoms with Crippen LogP contribution < -0.4 is 10.0 Å². The largest absolute Gasteiger partial charge is 0.319 e. The predicted molar refractivity (Wildman–Crippen MR) is 66.9 cm³/mol. The molecule has 0 bridgehead atoms. The van der Waals surface area contributed by atoms with E-state index in [0.29, 0.717) is 6.54 Å². The molecule has 96 valence electrons.